The number of fused-ring (bicyclic) bond motifs is 1. The fraction of sp³-hybridized carbons (Fsp3) is 0.318. The summed E-state index contributed by atoms with van der Waals surface area (Å²) in [6.45, 7) is 2.06. The standard InChI is InChI=1S/C22H22N2O6/c25-19(13-22(28)17-3-1-2-4-18(17)23-21(22)27)15-5-7-16(8-6-15)30-14-20(26)24-9-11-29-12-10-24/h1-8,28H,9-14H2,(H,23,27)/t22-/m1/s1. The number of amides is 2. The van der Waals surface area contributed by atoms with E-state index in [0.29, 0.717) is 48.9 Å². The molecule has 0 aliphatic carbocycles. The predicted molar refractivity (Wildman–Crippen MR) is 107 cm³/mol. The van der Waals surface area contributed by atoms with E-state index in [4.69, 9.17) is 9.47 Å². The van der Waals surface area contributed by atoms with Gasteiger partial charge in [0.25, 0.3) is 11.8 Å². The van der Waals surface area contributed by atoms with E-state index in [1.54, 1.807) is 53.4 Å². The molecule has 8 heteroatoms. The van der Waals surface area contributed by atoms with Gasteiger partial charge < -0.3 is 24.8 Å². The van der Waals surface area contributed by atoms with Gasteiger partial charge >= 0.3 is 0 Å². The van der Waals surface area contributed by atoms with E-state index in [1.165, 1.54) is 0 Å². The number of carbonyl (C=O) groups is 3. The monoisotopic (exact) mass is 410 g/mol. The summed E-state index contributed by atoms with van der Waals surface area (Å²) in [5.41, 5.74) is -0.656. The largest absolute Gasteiger partial charge is 0.484 e. The summed E-state index contributed by atoms with van der Waals surface area (Å²) >= 11 is 0. The van der Waals surface area contributed by atoms with Gasteiger partial charge in [-0.3, -0.25) is 14.4 Å². The van der Waals surface area contributed by atoms with Crippen LogP contribution >= 0.6 is 0 Å². The number of hydrogen-bond acceptors (Lipinski definition) is 6. The average molecular weight is 410 g/mol. The number of nitrogens with one attached hydrogen (secondary N) is 1. The van der Waals surface area contributed by atoms with Crippen LogP contribution in [0.4, 0.5) is 5.69 Å². The third-order valence-corrected chi connectivity index (χ3v) is 5.32. The molecule has 2 aliphatic heterocycles. The fourth-order valence-corrected chi connectivity index (χ4v) is 3.60. The summed E-state index contributed by atoms with van der Waals surface area (Å²) in [7, 11) is 0. The first kappa shape index (κ1) is 20.1. The zero-order valence-electron chi connectivity index (χ0n) is 16.3. The molecule has 0 bridgehead atoms. The number of carbonyl (C=O) groups excluding carboxylic acids is 3. The molecular weight excluding hydrogens is 388 g/mol. The van der Waals surface area contributed by atoms with Crippen molar-refractivity contribution in [1.82, 2.24) is 4.90 Å². The molecule has 2 N–H and O–H groups in total. The van der Waals surface area contributed by atoms with E-state index in [0.717, 1.165) is 0 Å². The molecule has 0 radical (unpaired) electrons. The van der Waals surface area contributed by atoms with E-state index in [2.05, 4.69) is 5.32 Å². The average Bonchev–Trinajstić information content (AvgIpc) is 3.03. The second kappa shape index (κ2) is 8.25. The van der Waals surface area contributed by atoms with Gasteiger partial charge in [-0.1, -0.05) is 18.2 Å². The molecule has 2 heterocycles. The van der Waals surface area contributed by atoms with E-state index in [9.17, 15) is 19.5 Å². The number of morpholine rings is 1. The van der Waals surface area contributed by atoms with Crippen molar-refractivity contribution in [3.05, 3.63) is 59.7 Å². The van der Waals surface area contributed by atoms with Crippen LogP contribution in [-0.2, 0) is 19.9 Å². The first-order chi connectivity index (χ1) is 14.5. The van der Waals surface area contributed by atoms with E-state index in [-0.39, 0.29) is 24.7 Å². The molecule has 0 unspecified atom stereocenters. The first-order valence-electron chi connectivity index (χ1n) is 9.72. The molecule has 1 saturated heterocycles. The van der Waals surface area contributed by atoms with Gasteiger partial charge in [-0.05, 0) is 30.3 Å². The van der Waals surface area contributed by atoms with Crippen LogP contribution in [-0.4, -0.2) is 60.5 Å². The Morgan fingerprint density at radius 2 is 1.80 bits per heavy atom. The number of ether oxygens (including phenoxy) is 2. The number of aliphatic hydroxyl groups is 1. The summed E-state index contributed by atoms with van der Waals surface area (Å²) in [5, 5.41) is 13.5. The minimum Gasteiger partial charge on any atom is -0.484 e. The molecule has 2 amide bonds. The molecular formula is C22H22N2O6. The number of rotatable bonds is 6. The van der Waals surface area contributed by atoms with E-state index in [1.807, 2.05) is 0 Å². The summed E-state index contributed by atoms with van der Waals surface area (Å²) in [5.74, 6) is -0.652. The summed E-state index contributed by atoms with van der Waals surface area (Å²) in [6.07, 6.45) is -0.369. The van der Waals surface area contributed by atoms with Crippen molar-refractivity contribution in [2.24, 2.45) is 0 Å². The van der Waals surface area contributed by atoms with Crippen LogP contribution in [0.2, 0.25) is 0 Å². The SMILES string of the molecule is O=C(C[C@]1(O)C(=O)Nc2ccccc21)c1ccc(OCC(=O)N2CCOCC2)cc1. The number of nitrogens with zero attached hydrogens (tertiary/aromatic N) is 1. The van der Waals surface area contributed by atoms with Gasteiger partial charge in [0.1, 0.15) is 5.75 Å². The lowest BCUT2D eigenvalue weighted by Crippen LogP contribution is -2.42. The second-order valence-electron chi connectivity index (χ2n) is 7.27. The molecule has 0 saturated carbocycles. The van der Waals surface area contributed by atoms with Gasteiger partial charge in [-0.25, -0.2) is 0 Å². The molecule has 0 aromatic heterocycles. The lowest BCUT2D eigenvalue weighted by molar-refractivity contribution is -0.137. The Labute approximate surface area is 173 Å². The number of Topliss-reactive ketones (excluding diaryl/α,β-unsaturated/α-hetero) is 1. The number of hydrogen-bond donors (Lipinski definition) is 2. The van der Waals surface area contributed by atoms with Gasteiger partial charge in [0, 0.05) is 29.9 Å². The first-order valence-corrected chi connectivity index (χ1v) is 9.72. The van der Waals surface area contributed by atoms with Crippen molar-refractivity contribution in [2.45, 2.75) is 12.0 Å². The number of para-hydroxylation sites is 1. The smallest absolute Gasteiger partial charge is 0.261 e. The minimum atomic E-state index is -1.90. The fourth-order valence-electron chi connectivity index (χ4n) is 3.60. The third kappa shape index (κ3) is 3.92. The van der Waals surface area contributed by atoms with E-state index < -0.39 is 11.5 Å². The quantitative estimate of drug-likeness (QED) is 0.697. The van der Waals surface area contributed by atoms with Crippen LogP contribution in [0.25, 0.3) is 0 Å². The zero-order chi connectivity index (χ0) is 21.1. The normalized spacial score (nSPS) is 20.4. The third-order valence-electron chi connectivity index (χ3n) is 5.32. The van der Waals surface area contributed by atoms with Gasteiger partial charge in [0.2, 0.25) is 0 Å². The minimum absolute atomic E-state index is 0.0933. The van der Waals surface area contributed by atoms with E-state index >= 15 is 0 Å². The topological polar surface area (TPSA) is 105 Å². The highest BCUT2D eigenvalue weighted by Crippen LogP contribution is 2.38. The van der Waals surface area contributed by atoms with Crippen molar-refractivity contribution < 1.29 is 29.0 Å². The Balaban J connectivity index is 1.37. The molecule has 1 fully saturated rings. The maximum atomic E-state index is 12.7. The lowest BCUT2D eigenvalue weighted by atomic mass is 9.88. The van der Waals surface area contributed by atoms with Crippen molar-refractivity contribution in [3.63, 3.8) is 0 Å². The van der Waals surface area contributed by atoms with Crippen molar-refractivity contribution in [3.8, 4) is 5.75 Å². The maximum Gasteiger partial charge on any atom is 0.261 e. The Hall–Kier alpha value is -3.23. The van der Waals surface area contributed by atoms with Crippen molar-refractivity contribution in [1.29, 1.82) is 0 Å². The zero-order valence-corrected chi connectivity index (χ0v) is 16.3. The summed E-state index contributed by atoms with van der Waals surface area (Å²) < 4.78 is 10.7. The van der Waals surface area contributed by atoms with Crippen molar-refractivity contribution in [2.75, 3.05) is 38.2 Å². The number of ketones is 1. The van der Waals surface area contributed by atoms with Crippen LogP contribution in [0, 0.1) is 0 Å². The van der Waals surface area contributed by atoms with Crippen LogP contribution in [0.3, 0.4) is 0 Å². The molecule has 30 heavy (non-hydrogen) atoms. The van der Waals surface area contributed by atoms with Gasteiger partial charge in [0.15, 0.2) is 18.0 Å². The van der Waals surface area contributed by atoms with Crippen LogP contribution in [0.15, 0.2) is 48.5 Å². The molecule has 2 aromatic carbocycles. The maximum absolute atomic E-state index is 12.7. The van der Waals surface area contributed by atoms with Gasteiger partial charge in [-0.15, -0.1) is 0 Å². The highest BCUT2D eigenvalue weighted by Gasteiger charge is 2.46. The Morgan fingerprint density at radius 3 is 2.53 bits per heavy atom. The summed E-state index contributed by atoms with van der Waals surface area (Å²) in [4.78, 5) is 38.8. The highest BCUT2D eigenvalue weighted by atomic mass is 16.5. The second-order valence-corrected chi connectivity index (χ2v) is 7.27. The number of benzene rings is 2. The van der Waals surface area contributed by atoms with Gasteiger partial charge in [-0.2, -0.15) is 0 Å². The lowest BCUT2D eigenvalue weighted by Gasteiger charge is -2.26. The molecule has 2 aliphatic rings. The van der Waals surface area contributed by atoms with Crippen LogP contribution in [0.1, 0.15) is 22.3 Å². The summed E-state index contributed by atoms with van der Waals surface area (Å²) in [6, 6.07) is 13.0. The Bertz CT molecular complexity index is 968. The molecule has 2 aromatic rings. The molecule has 156 valence electrons. The predicted octanol–water partition coefficient (Wildman–Crippen LogP) is 1.34. The highest BCUT2D eigenvalue weighted by molar-refractivity contribution is 6.09. The van der Waals surface area contributed by atoms with Crippen LogP contribution in [0.5, 0.6) is 5.75 Å². The molecule has 8 nitrogen and oxygen atoms in total. The van der Waals surface area contributed by atoms with Crippen LogP contribution < -0.4 is 10.1 Å². The van der Waals surface area contributed by atoms with Gasteiger partial charge in [0.05, 0.1) is 19.6 Å². The molecule has 0 spiro atoms. The van der Waals surface area contributed by atoms with Crippen molar-refractivity contribution >= 4 is 23.3 Å². The molecule has 4 rings (SSSR count). The Morgan fingerprint density at radius 1 is 1.10 bits per heavy atom. The molecule has 1 atom stereocenters. The number of anilines is 1. The Kier molecular flexibility index (Phi) is 5.52.